The number of allylic oxidation sites excluding steroid dienone is 1. The molecule has 1 N–H and O–H groups in total. The fourth-order valence-electron chi connectivity index (χ4n) is 1.85. The van der Waals surface area contributed by atoms with Crippen molar-refractivity contribution in [1.82, 2.24) is 0 Å². The maximum atomic E-state index is 12.2. The predicted octanol–water partition coefficient (Wildman–Crippen LogP) is 2.35. The van der Waals surface area contributed by atoms with E-state index in [1.807, 2.05) is 0 Å². The first kappa shape index (κ1) is 13.0. The Labute approximate surface area is 110 Å². The Balaban J connectivity index is 2.46. The minimum absolute atomic E-state index is 0.0698. The van der Waals surface area contributed by atoms with Crippen molar-refractivity contribution in [2.75, 3.05) is 6.61 Å². The number of aliphatic hydroxyl groups excluding tert-OH is 1. The minimum Gasteiger partial charge on any atom is -0.512 e. The molecule has 1 aliphatic rings. The fraction of sp³-hybridized carbons (Fsp3) is 0.214. The summed E-state index contributed by atoms with van der Waals surface area (Å²) >= 11 is 0. The molecule has 0 radical (unpaired) electrons. The van der Waals surface area contributed by atoms with Crippen LogP contribution in [-0.4, -0.2) is 29.2 Å². The van der Waals surface area contributed by atoms with Crippen molar-refractivity contribution in [3.8, 4) is 0 Å². The molecule has 0 spiro atoms. The number of aliphatic hydroxyl groups is 1. The highest BCUT2D eigenvalue weighted by Crippen LogP contribution is 2.29. The lowest BCUT2D eigenvalue weighted by molar-refractivity contribution is -0.138. The van der Waals surface area contributed by atoms with Crippen molar-refractivity contribution in [2.45, 2.75) is 13.8 Å². The van der Waals surface area contributed by atoms with Gasteiger partial charge in [-0.1, -0.05) is 12.1 Å². The summed E-state index contributed by atoms with van der Waals surface area (Å²) in [5.74, 6) is -1.41. The second-order valence-corrected chi connectivity index (χ2v) is 3.99. The molecule has 2 rings (SSSR count). The number of fused-ring (bicyclic) bond motifs is 1. The van der Waals surface area contributed by atoms with Gasteiger partial charge in [0, 0.05) is 5.56 Å². The summed E-state index contributed by atoms with van der Waals surface area (Å²) in [5.41, 5.74) is 0.661. The molecule has 0 fully saturated rings. The smallest absolute Gasteiger partial charge is 0.343 e. The Morgan fingerprint density at radius 3 is 2.63 bits per heavy atom. The van der Waals surface area contributed by atoms with Gasteiger partial charge in [-0.2, -0.15) is 0 Å². The lowest BCUT2D eigenvalue weighted by Gasteiger charge is -2.06. The molecule has 0 amide bonds. The highest BCUT2D eigenvalue weighted by Gasteiger charge is 2.32. The van der Waals surface area contributed by atoms with Crippen molar-refractivity contribution in [3.63, 3.8) is 0 Å². The molecule has 0 saturated heterocycles. The summed E-state index contributed by atoms with van der Waals surface area (Å²) in [4.78, 5) is 28.1. The summed E-state index contributed by atoms with van der Waals surface area (Å²) in [5, 5.41) is 9.61. The number of carbonyl (C=O) groups excluding carboxylic acids is 2. The normalized spacial score (nSPS) is 14.6. The third-order valence-electron chi connectivity index (χ3n) is 2.67. The van der Waals surface area contributed by atoms with E-state index in [-0.39, 0.29) is 29.4 Å². The van der Waals surface area contributed by atoms with Gasteiger partial charge < -0.3 is 9.84 Å². The molecular formula is C14H13NO4. The van der Waals surface area contributed by atoms with Gasteiger partial charge in [0.05, 0.1) is 12.3 Å². The van der Waals surface area contributed by atoms with Crippen LogP contribution in [0.2, 0.25) is 0 Å². The fourth-order valence-corrected chi connectivity index (χ4v) is 1.85. The number of nitrogens with zero attached hydrogens (tertiary/aromatic N) is 1. The molecular weight excluding hydrogens is 246 g/mol. The maximum Gasteiger partial charge on any atom is 0.343 e. The Hall–Kier alpha value is -2.43. The number of ether oxygens (including phenoxy) is 1. The van der Waals surface area contributed by atoms with E-state index < -0.39 is 5.97 Å². The molecule has 0 aromatic heterocycles. The molecule has 0 bridgehead atoms. The van der Waals surface area contributed by atoms with Crippen LogP contribution in [0.15, 0.2) is 40.6 Å². The van der Waals surface area contributed by atoms with Crippen molar-refractivity contribution in [1.29, 1.82) is 0 Å². The number of Topliss-reactive ketones (excluding diaryl/α,β-unsaturated/α-hetero) is 1. The number of esters is 1. The number of aliphatic imine (C=N–C) groups is 1. The number of carbonyl (C=O) groups is 2. The van der Waals surface area contributed by atoms with E-state index in [0.717, 1.165) is 0 Å². The Bertz CT molecular complexity index is 610. The van der Waals surface area contributed by atoms with E-state index in [1.54, 1.807) is 31.2 Å². The molecule has 1 heterocycles. The largest absolute Gasteiger partial charge is 0.512 e. The van der Waals surface area contributed by atoms with Gasteiger partial charge in [-0.3, -0.25) is 4.79 Å². The lowest BCUT2D eigenvalue weighted by Crippen LogP contribution is -2.22. The summed E-state index contributed by atoms with van der Waals surface area (Å²) in [6.45, 7) is 3.13. The standard InChI is InChI=1S/C14H13NO4/c1-3-19-14(18)11(8(2)16)12-13(17)9-6-4-5-7-10(9)15-12/h4-7,16H,3H2,1-2H3/b11-8+. The quantitative estimate of drug-likeness (QED) is 0.513. The predicted molar refractivity (Wildman–Crippen MR) is 69.8 cm³/mol. The van der Waals surface area contributed by atoms with Crippen molar-refractivity contribution in [2.24, 2.45) is 4.99 Å². The van der Waals surface area contributed by atoms with Gasteiger partial charge >= 0.3 is 5.97 Å². The molecule has 5 nitrogen and oxygen atoms in total. The van der Waals surface area contributed by atoms with Gasteiger partial charge in [-0.05, 0) is 26.0 Å². The number of rotatable bonds is 3. The molecule has 5 heteroatoms. The van der Waals surface area contributed by atoms with Crippen LogP contribution in [0.3, 0.4) is 0 Å². The monoisotopic (exact) mass is 259 g/mol. The van der Waals surface area contributed by atoms with E-state index in [9.17, 15) is 14.7 Å². The van der Waals surface area contributed by atoms with Crippen molar-refractivity contribution >= 4 is 23.2 Å². The molecule has 1 aromatic carbocycles. The van der Waals surface area contributed by atoms with E-state index in [1.165, 1.54) is 6.92 Å². The molecule has 19 heavy (non-hydrogen) atoms. The Morgan fingerprint density at radius 2 is 2.05 bits per heavy atom. The Kier molecular flexibility index (Phi) is 3.46. The van der Waals surface area contributed by atoms with E-state index in [4.69, 9.17) is 4.74 Å². The van der Waals surface area contributed by atoms with E-state index >= 15 is 0 Å². The van der Waals surface area contributed by atoms with Gasteiger partial charge in [0.1, 0.15) is 17.0 Å². The van der Waals surface area contributed by atoms with Crippen LogP contribution < -0.4 is 0 Å². The van der Waals surface area contributed by atoms with Crippen LogP contribution in [-0.2, 0) is 9.53 Å². The van der Waals surface area contributed by atoms with Gasteiger partial charge in [-0.15, -0.1) is 0 Å². The van der Waals surface area contributed by atoms with E-state index in [0.29, 0.717) is 11.3 Å². The molecule has 1 aliphatic heterocycles. The second kappa shape index (κ2) is 5.06. The molecule has 1 aromatic rings. The first-order valence-corrected chi connectivity index (χ1v) is 5.86. The van der Waals surface area contributed by atoms with Crippen molar-refractivity contribution < 1.29 is 19.4 Å². The highest BCUT2D eigenvalue weighted by molar-refractivity contribution is 6.58. The van der Waals surface area contributed by atoms with Crippen LogP contribution >= 0.6 is 0 Å². The molecule has 0 saturated carbocycles. The lowest BCUT2D eigenvalue weighted by atomic mass is 10.0. The van der Waals surface area contributed by atoms with Crippen LogP contribution in [0.1, 0.15) is 24.2 Å². The summed E-state index contributed by atoms with van der Waals surface area (Å²) in [6.07, 6.45) is 0. The maximum absolute atomic E-state index is 12.2. The zero-order chi connectivity index (χ0) is 14.0. The van der Waals surface area contributed by atoms with E-state index in [2.05, 4.69) is 4.99 Å². The molecule has 0 aliphatic carbocycles. The minimum atomic E-state index is -0.748. The second-order valence-electron chi connectivity index (χ2n) is 3.99. The highest BCUT2D eigenvalue weighted by atomic mass is 16.5. The summed E-state index contributed by atoms with van der Waals surface area (Å²) in [7, 11) is 0. The summed E-state index contributed by atoms with van der Waals surface area (Å²) in [6, 6.07) is 6.77. The van der Waals surface area contributed by atoms with Gasteiger partial charge in [0.2, 0.25) is 5.78 Å². The van der Waals surface area contributed by atoms with Gasteiger partial charge in [0.25, 0.3) is 0 Å². The number of hydrogen-bond donors (Lipinski definition) is 1. The number of benzene rings is 1. The molecule has 0 unspecified atom stereocenters. The first-order valence-electron chi connectivity index (χ1n) is 5.86. The number of ketones is 1. The van der Waals surface area contributed by atoms with Crippen LogP contribution in [0.4, 0.5) is 5.69 Å². The topological polar surface area (TPSA) is 76.0 Å². The van der Waals surface area contributed by atoms with Crippen molar-refractivity contribution in [3.05, 3.63) is 41.2 Å². The molecule has 0 atom stereocenters. The Morgan fingerprint density at radius 1 is 1.37 bits per heavy atom. The third-order valence-corrected chi connectivity index (χ3v) is 2.67. The van der Waals surface area contributed by atoms with Crippen LogP contribution in [0.25, 0.3) is 0 Å². The zero-order valence-electron chi connectivity index (χ0n) is 10.6. The third kappa shape index (κ3) is 2.27. The average Bonchev–Trinajstić information content (AvgIpc) is 2.68. The first-order chi connectivity index (χ1) is 9.06. The van der Waals surface area contributed by atoms with Gasteiger partial charge in [0.15, 0.2) is 0 Å². The number of hydrogen-bond acceptors (Lipinski definition) is 5. The van der Waals surface area contributed by atoms with Crippen LogP contribution in [0, 0.1) is 0 Å². The number of para-hydroxylation sites is 1. The zero-order valence-corrected chi connectivity index (χ0v) is 10.6. The van der Waals surface area contributed by atoms with Gasteiger partial charge in [-0.25, -0.2) is 9.79 Å². The molecule has 98 valence electrons. The summed E-state index contributed by atoms with van der Waals surface area (Å²) < 4.78 is 4.84. The SMILES string of the molecule is CCOC(=O)/C(C1=Nc2ccccc2C1=O)=C(\C)O. The van der Waals surface area contributed by atoms with Crippen LogP contribution in [0.5, 0.6) is 0 Å². The average molecular weight is 259 g/mol.